The van der Waals surface area contributed by atoms with Gasteiger partial charge in [-0.1, -0.05) is 48.5 Å². The van der Waals surface area contributed by atoms with Gasteiger partial charge in [0.25, 0.3) is 0 Å². The Morgan fingerprint density at radius 2 is 1.62 bits per heavy atom. The molecule has 0 spiro atoms. The average Bonchev–Trinajstić information content (AvgIpc) is 2.30. The lowest BCUT2D eigenvalue weighted by molar-refractivity contribution is 0.420. The summed E-state index contributed by atoms with van der Waals surface area (Å²) in [6.45, 7) is 0. The molecule has 0 radical (unpaired) electrons. The minimum atomic E-state index is 0. The Balaban J connectivity index is 0.00000128. The molecule has 0 saturated carbocycles. The molecule has 0 amide bonds. The SMILES string of the molecule is COc1c(P)cccc1-c1ccccc1.Cl. The zero-order chi connectivity index (χ0) is 10.7. The second-order valence-electron chi connectivity index (χ2n) is 3.29. The van der Waals surface area contributed by atoms with Crippen molar-refractivity contribution in [1.82, 2.24) is 0 Å². The van der Waals surface area contributed by atoms with E-state index < -0.39 is 0 Å². The highest BCUT2D eigenvalue weighted by atomic mass is 35.5. The van der Waals surface area contributed by atoms with Gasteiger partial charge in [0, 0.05) is 10.9 Å². The van der Waals surface area contributed by atoms with Crippen molar-refractivity contribution in [3.05, 3.63) is 48.5 Å². The summed E-state index contributed by atoms with van der Waals surface area (Å²) in [6.07, 6.45) is 0. The molecule has 84 valence electrons. The summed E-state index contributed by atoms with van der Waals surface area (Å²) in [6, 6.07) is 16.4. The molecule has 2 aromatic rings. The quantitative estimate of drug-likeness (QED) is 0.746. The van der Waals surface area contributed by atoms with Crippen LogP contribution < -0.4 is 10.0 Å². The minimum absolute atomic E-state index is 0. The van der Waals surface area contributed by atoms with E-state index in [2.05, 4.69) is 27.4 Å². The lowest BCUT2D eigenvalue weighted by Crippen LogP contribution is -1.99. The first kappa shape index (κ1) is 13.0. The van der Waals surface area contributed by atoms with Gasteiger partial charge < -0.3 is 4.74 Å². The Morgan fingerprint density at radius 3 is 2.25 bits per heavy atom. The number of halogens is 1. The first-order valence-electron chi connectivity index (χ1n) is 4.81. The molecular weight excluding hydrogens is 239 g/mol. The third kappa shape index (κ3) is 2.55. The average molecular weight is 253 g/mol. The van der Waals surface area contributed by atoms with Crippen LogP contribution in [0.2, 0.25) is 0 Å². The summed E-state index contributed by atoms with van der Waals surface area (Å²) >= 11 is 0. The standard InChI is InChI=1S/C13H13OP.ClH/c1-14-13-11(8-5-9-12(13)15)10-6-3-2-4-7-10;/h2-9H,15H2,1H3;1H. The number of hydrogen-bond donors (Lipinski definition) is 0. The highest BCUT2D eigenvalue weighted by molar-refractivity contribution is 7.27. The third-order valence-corrected chi connectivity index (χ3v) is 2.79. The molecule has 16 heavy (non-hydrogen) atoms. The maximum absolute atomic E-state index is 5.41. The van der Waals surface area contributed by atoms with Crippen LogP contribution in [0.4, 0.5) is 0 Å². The van der Waals surface area contributed by atoms with E-state index in [0.29, 0.717) is 0 Å². The second kappa shape index (κ2) is 5.89. The van der Waals surface area contributed by atoms with Crippen molar-refractivity contribution in [3.8, 4) is 16.9 Å². The topological polar surface area (TPSA) is 9.23 Å². The Bertz CT molecular complexity index is 457. The van der Waals surface area contributed by atoms with Crippen molar-refractivity contribution >= 4 is 27.0 Å². The maximum atomic E-state index is 5.41. The van der Waals surface area contributed by atoms with E-state index in [1.807, 2.05) is 30.3 Å². The van der Waals surface area contributed by atoms with E-state index in [1.54, 1.807) is 7.11 Å². The monoisotopic (exact) mass is 252 g/mol. The lowest BCUT2D eigenvalue weighted by atomic mass is 10.0. The van der Waals surface area contributed by atoms with Crippen LogP contribution in [0.5, 0.6) is 5.75 Å². The molecule has 0 aliphatic carbocycles. The van der Waals surface area contributed by atoms with Gasteiger partial charge in [0.05, 0.1) is 7.11 Å². The van der Waals surface area contributed by atoms with Gasteiger partial charge in [-0.25, -0.2) is 0 Å². The molecule has 1 atom stereocenters. The van der Waals surface area contributed by atoms with Crippen LogP contribution >= 0.6 is 21.6 Å². The lowest BCUT2D eigenvalue weighted by Gasteiger charge is -2.10. The summed E-state index contributed by atoms with van der Waals surface area (Å²) in [5.41, 5.74) is 2.31. The zero-order valence-electron chi connectivity index (χ0n) is 9.01. The largest absolute Gasteiger partial charge is 0.495 e. The van der Waals surface area contributed by atoms with Crippen molar-refractivity contribution in [2.24, 2.45) is 0 Å². The van der Waals surface area contributed by atoms with Crippen LogP contribution in [0.3, 0.4) is 0 Å². The van der Waals surface area contributed by atoms with Crippen molar-refractivity contribution in [3.63, 3.8) is 0 Å². The van der Waals surface area contributed by atoms with Crippen LogP contribution in [-0.2, 0) is 0 Å². The molecule has 2 rings (SSSR count). The van der Waals surface area contributed by atoms with Gasteiger partial charge in [-0.15, -0.1) is 21.6 Å². The number of para-hydroxylation sites is 1. The van der Waals surface area contributed by atoms with Gasteiger partial charge in [-0.05, 0) is 5.56 Å². The highest BCUT2D eigenvalue weighted by Crippen LogP contribution is 2.28. The number of benzene rings is 2. The molecule has 2 aromatic carbocycles. The molecule has 0 aromatic heterocycles. The number of ether oxygens (including phenoxy) is 1. The fourth-order valence-electron chi connectivity index (χ4n) is 1.63. The van der Waals surface area contributed by atoms with Crippen LogP contribution in [0, 0.1) is 0 Å². The van der Waals surface area contributed by atoms with Crippen molar-refractivity contribution in [2.75, 3.05) is 7.11 Å². The van der Waals surface area contributed by atoms with E-state index in [-0.39, 0.29) is 12.4 Å². The predicted molar refractivity (Wildman–Crippen MR) is 75.0 cm³/mol. The van der Waals surface area contributed by atoms with Crippen LogP contribution in [0.15, 0.2) is 48.5 Å². The van der Waals surface area contributed by atoms with Gasteiger partial charge in [0.15, 0.2) is 0 Å². The van der Waals surface area contributed by atoms with Gasteiger partial charge in [0.2, 0.25) is 0 Å². The zero-order valence-corrected chi connectivity index (χ0v) is 11.0. The van der Waals surface area contributed by atoms with E-state index in [4.69, 9.17) is 4.74 Å². The molecule has 3 heteroatoms. The Hall–Kier alpha value is -1.04. The summed E-state index contributed by atoms with van der Waals surface area (Å²) in [7, 11) is 4.40. The molecule has 0 heterocycles. The first-order valence-corrected chi connectivity index (χ1v) is 5.38. The van der Waals surface area contributed by atoms with E-state index in [1.165, 1.54) is 5.56 Å². The van der Waals surface area contributed by atoms with Crippen LogP contribution in [-0.4, -0.2) is 7.11 Å². The fraction of sp³-hybridized carbons (Fsp3) is 0.0769. The van der Waals surface area contributed by atoms with E-state index in [9.17, 15) is 0 Å². The molecule has 0 bridgehead atoms. The maximum Gasteiger partial charge on any atom is 0.133 e. The first-order chi connectivity index (χ1) is 7.33. The molecule has 0 N–H and O–H groups in total. The van der Waals surface area contributed by atoms with Gasteiger partial charge in [0.1, 0.15) is 5.75 Å². The normalized spacial score (nSPS) is 9.38. The van der Waals surface area contributed by atoms with Gasteiger partial charge in [-0.3, -0.25) is 0 Å². The number of hydrogen-bond acceptors (Lipinski definition) is 1. The van der Waals surface area contributed by atoms with Crippen molar-refractivity contribution < 1.29 is 4.74 Å². The number of rotatable bonds is 2. The molecule has 1 nitrogen and oxygen atoms in total. The Morgan fingerprint density at radius 1 is 0.938 bits per heavy atom. The smallest absolute Gasteiger partial charge is 0.133 e. The molecule has 0 aliphatic rings. The van der Waals surface area contributed by atoms with Crippen molar-refractivity contribution in [2.45, 2.75) is 0 Å². The fourth-order valence-corrected chi connectivity index (χ4v) is 2.01. The van der Waals surface area contributed by atoms with Gasteiger partial charge >= 0.3 is 0 Å². The number of methoxy groups -OCH3 is 1. The third-order valence-electron chi connectivity index (χ3n) is 2.33. The summed E-state index contributed by atoms with van der Waals surface area (Å²) < 4.78 is 5.41. The van der Waals surface area contributed by atoms with E-state index >= 15 is 0 Å². The second-order valence-corrected chi connectivity index (χ2v) is 3.92. The summed E-state index contributed by atoms with van der Waals surface area (Å²) in [5, 5.41) is 1.08. The van der Waals surface area contributed by atoms with Crippen LogP contribution in [0.25, 0.3) is 11.1 Å². The Kier molecular flexibility index (Phi) is 4.79. The molecule has 0 saturated heterocycles. The Labute approximate surface area is 104 Å². The van der Waals surface area contributed by atoms with Crippen LogP contribution in [0.1, 0.15) is 0 Å². The van der Waals surface area contributed by atoms with Gasteiger partial charge in [-0.2, -0.15) is 0 Å². The molecule has 0 fully saturated rings. The molecule has 1 unspecified atom stereocenters. The van der Waals surface area contributed by atoms with E-state index in [0.717, 1.165) is 16.6 Å². The summed E-state index contributed by atoms with van der Waals surface area (Å²) in [4.78, 5) is 0. The highest BCUT2D eigenvalue weighted by Gasteiger charge is 2.06. The molecule has 0 aliphatic heterocycles. The minimum Gasteiger partial charge on any atom is -0.495 e. The summed E-state index contributed by atoms with van der Waals surface area (Å²) in [5.74, 6) is 0.925. The van der Waals surface area contributed by atoms with Crippen molar-refractivity contribution in [1.29, 1.82) is 0 Å². The molecular formula is C13H14ClOP. The predicted octanol–water partition coefficient (Wildman–Crippen LogP) is 3.28.